The largest absolute Gasteiger partial charge is 0.361 e. The zero-order valence-corrected chi connectivity index (χ0v) is 10.6. The molecule has 1 aliphatic carbocycles. The summed E-state index contributed by atoms with van der Waals surface area (Å²) in [5, 5.41) is 3.97. The van der Waals surface area contributed by atoms with E-state index in [-0.39, 0.29) is 6.04 Å². The highest BCUT2D eigenvalue weighted by molar-refractivity contribution is 5.80. The van der Waals surface area contributed by atoms with Crippen molar-refractivity contribution in [1.29, 1.82) is 0 Å². The summed E-state index contributed by atoms with van der Waals surface area (Å²) < 4.78 is 5.15. The van der Waals surface area contributed by atoms with E-state index in [2.05, 4.69) is 5.16 Å². The second kappa shape index (κ2) is 6.11. The first-order chi connectivity index (χ1) is 8.69. The standard InChI is InChI=1S/C13H21N3O2/c14-6-5-11-8-13(16-18-11)12(15)4-2-9-1-3-10(17)7-9/h8-9,12H,1-7,14-15H2/t9-,12-/m0/s1. The van der Waals surface area contributed by atoms with Gasteiger partial charge in [0, 0.05) is 25.3 Å². The van der Waals surface area contributed by atoms with Crippen LogP contribution in [0.4, 0.5) is 0 Å². The van der Waals surface area contributed by atoms with Gasteiger partial charge in [0.2, 0.25) is 0 Å². The summed E-state index contributed by atoms with van der Waals surface area (Å²) in [5.74, 6) is 1.69. The molecular weight excluding hydrogens is 230 g/mol. The van der Waals surface area contributed by atoms with Crippen molar-refractivity contribution in [3.05, 3.63) is 17.5 Å². The molecule has 100 valence electrons. The Morgan fingerprint density at radius 1 is 1.56 bits per heavy atom. The number of carbonyl (C=O) groups is 1. The fraction of sp³-hybridized carbons (Fsp3) is 0.692. The first-order valence-electron chi connectivity index (χ1n) is 6.62. The molecule has 1 aromatic rings. The highest BCUT2D eigenvalue weighted by Crippen LogP contribution is 2.28. The minimum absolute atomic E-state index is 0.101. The molecule has 0 unspecified atom stereocenters. The summed E-state index contributed by atoms with van der Waals surface area (Å²) in [6.07, 6.45) is 5.02. The van der Waals surface area contributed by atoms with Crippen molar-refractivity contribution in [2.24, 2.45) is 17.4 Å². The molecule has 0 aromatic carbocycles. The van der Waals surface area contributed by atoms with Gasteiger partial charge in [0.15, 0.2) is 0 Å². The fourth-order valence-corrected chi connectivity index (χ4v) is 2.46. The van der Waals surface area contributed by atoms with E-state index in [1.807, 2.05) is 6.07 Å². The highest BCUT2D eigenvalue weighted by Gasteiger charge is 2.23. The van der Waals surface area contributed by atoms with Gasteiger partial charge in [0.05, 0.1) is 6.04 Å². The summed E-state index contributed by atoms with van der Waals surface area (Å²) in [6.45, 7) is 0.550. The van der Waals surface area contributed by atoms with E-state index >= 15 is 0 Å². The molecule has 0 amide bonds. The quantitative estimate of drug-likeness (QED) is 0.795. The number of Topliss-reactive ketones (excluding diaryl/α,β-unsaturated/α-hetero) is 1. The number of nitrogens with zero attached hydrogens (tertiary/aromatic N) is 1. The van der Waals surface area contributed by atoms with Crippen LogP contribution in [0.25, 0.3) is 0 Å². The molecule has 5 heteroatoms. The lowest BCUT2D eigenvalue weighted by molar-refractivity contribution is -0.117. The fourth-order valence-electron chi connectivity index (χ4n) is 2.46. The summed E-state index contributed by atoms with van der Waals surface area (Å²) in [6, 6.07) is 1.79. The van der Waals surface area contributed by atoms with Crippen molar-refractivity contribution in [2.45, 2.75) is 44.6 Å². The number of carbonyl (C=O) groups excluding carboxylic acids is 1. The van der Waals surface area contributed by atoms with Crippen molar-refractivity contribution in [1.82, 2.24) is 5.16 Å². The summed E-state index contributed by atoms with van der Waals surface area (Å²) in [4.78, 5) is 11.2. The van der Waals surface area contributed by atoms with Crippen LogP contribution in [-0.2, 0) is 11.2 Å². The number of hydrogen-bond donors (Lipinski definition) is 2. The normalized spacial score (nSPS) is 21.4. The zero-order valence-electron chi connectivity index (χ0n) is 10.6. The Labute approximate surface area is 107 Å². The topological polar surface area (TPSA) is 95.1 Å². The molecule has 18 heavy (non-hydrogen) atoms. The molecule has 2 rings (SSSR count). The molecule has 0 radical (unpaired) electrons. The van der Waals surface area contributed by atoms with Crippen LogP contribution < -0.4 is 11.5 Å². The van der Waals surface area contributed by atoms with E-state index in [0.717, 1.165) is 43.6 Å². The smallest absolute Gasteiger partial charge is 0.138 e. The molecule has 0 bridgehead atoms. The predicted octanol–water partition coefficient (Wildman–Crippen LogP) is 1.32. The Hall–Kier alpha value is -1.20. The molecule has 5 nitrogen and oxygen atoms in total. The third-order valence-electron chi connectivity index (χ3n) is 3.58. The Morgan fingerprint density at radius 2 is 2.39 bits per heavy atom. The molecule has 0 aliphatic heterocycles. The molecule has 1 heterocycles. The molecular formula is C13H21N3O2. The minimum atomic E-state index is -0.101. The van der Waals surface area contributed by atoms with E-state index in [4.69, 9.17) is 16.0 Å². The Kier molecular flexibility index (Phi) is 4.49. The van der Waals surface area contributed by atoms with Gasteiger partial charge in [-0.2, -0.15) is 0 Å². The van der Waals surface area contributed by atoms with Crippen molar-refractivity contribution in [3.63, 3.8) is 0 Å². The van der Waals surface area contributed by atoms with Crippen molar-refractivity contribution in [2.75, 3.05) is 6.54 Å². The van der Waals surface area contributed by atoms with Crippen LogP contribution in [0, 0.1) is 5.92 Å². The average Bonchev–Trinajstić information content (AvgIpc) is 2.96. The molecule has 1 aliphatic rings. The molecule has 0 spiro atoms. The highest BCUT2D eigenvalue weighted by atomic mass is 16.5. The lowest BCUT2D eigenvalue weighted by Gasteiger charge is -2.11. The number of rotatable bonds is 6. The van der Waals surface area contributed by atoms with Gasteiger partial charge in [0.25, 0.3) is 0 Å². The Bertz CT molecular complexity index is 403. The van der Waals surface area contributed by atoms with Gasteiger partial charge < -0.3 is 16.0 Å². The van der Waals surface area contributed by atoms with E-state index in [9.17, 15) is 4.79 Å². The van der Waals surface area contributed by atoms with Crippen LogP contribution in [0.5, 0.6) is 0 Å². The number of hydrogen-bond acceptors (Lipinski definition) is 5. The third-order valence-corrected chi connectivity index (χ3v) is 3.58. The van der Waals surface area contributed by atoms with Gasteiger partial charge in [0.1, 0.15) is 17.2 Å². The van der Waals surface area contributed by atoms with E-state index in [0.29, 0.717) is 24.7 Å². The second-order valence-electron chi connectivity index (χ2n) is 5.09. The van der Waals surface area contributed by atoms with Gasteiger partial charge in [-0.25, -0.2) is 0 Å². The Morgan fingerprint density at radius 3 is 3.06 bits per heavy atom. The van der Waals surface area contributed by atoms with Gasteiger partial charge in [-0.3, -0.25) is 4.79 Å². The van der Waals surface area contributed by atoms with Gasteiger partial charge in [-0.15, -0.1) is 0 Å². The van der Waals surface area contributed by atoms with E-state index in [1.165, 1.54) is 0 Å². The number of ketones is 1. The van der Waals surface area contributed by atoms with Crippen LogP contribution in [0.3, 0.4) is 0 Å². The lowest BCUT2D eigenvalue weighted by atomic mass is 9.97. The lowest BCUT2D eigenvalue weighted by Crippen LogP contribution is -2.12. The van der Waals surface area contributed by atoms with Crippen molar-refractivity contribution >= 4 is 5.78 Å². The van der Waals surface area contributed by atoms with Crippen LogP contribution in [0.15, 0.2) is 10.6 Å². The van der Waals surface area contributed by atoms with Gasteiger partial charge in [-0.05, 0) is 31.7 Å². The van der Waals surface area contributed by atoms with Crippen LogP contribution in [0.1, 0.15) is 49.6 Å². The zero-order chi connectivity index (χ0) is 13.0. The van der Waals surface area contributed by atoms with Gasteiger partial charge >= 0.3 is 0 Å². The first-order valence-corrected chi connectivity index (χ1v) is 6.62. The molecule has 2 atom stereocenters. The number of nitrogens with two attached hydrogens (primary N) is 2. The molecule has 4 N–H and O–H groups in total. The van der Waals surface area contributed by atoms with Crippen molar-refractivity contribution < 1.29 is 9.32 Å². The van der Waals surface area contributed by atoms with E-state index < -0.39 is 0 Å². The Balaban J connectivity index is 1.79. The predicted molar refractivity (Wildman–Crippen MR) is 67.8 cm³/mol. The van der Waals surface area contributed by atoms with Crippen molar-refractivity contribution in [3.8, 4) is 0 Å². The summed E-state index contributed by atoms with van der Waals surface area (Å²) >= 11 is 0. The molecule has 1 aromatic heterocycles. The second-order valence-corrected chi connectivity index (χ2v) is 5.09. The first kappa shape index (κ1) is 13.2. The molecule has 1 fully saturated rings. The molecule has 1 saturated carbocycles. The SMILES string of the molecule is NCCc1cc([C@@H](N)CC[C@@H]2CCC(=O)C2)no1. The maximum Gasteiger partial charge on any atom is 0.138 e. The molecule has 0 saturated heterocycles. The maximum atomic E-state index is 11.2. The van der Waals surface area contributed by atoms with Crippen LogP contribution in [-0.4, -0.2) is 17.5 Å². The van der Waals surface area contributed by atoms with Crippen LogP contribution >= 0.6 is 0 Å². The van der Waals surface area contributed by atoms with E-state index in [1.54, 1.807) is 0 Å². The number of aromatic nitrogens is 1. The average molecular weight is 251 g/mol. The van der Waals surface area contributed by atoms with Crippen LogP contribution in [0.2, 0.25) is 0 Å². The summed E-state index contributed by atoms with van der Waals surface area (Å²) in [7, 11) is 0. The van der Waals surface area contributed by atoms with Gasteiger partial charge in [-0.1, -0.05) is 5.16 Å². The minimum Gasteiger partial charge on any atom is -0.361 e. The monoisotopic (exact) mass is 251 g/mol. The maximum absolute atomic E-state index is 11.2. The summed E-state index contributed by atoms with van der Waals surface area (Å²) in [5.41, 5.74) is 12.3. The third kappa shape index (κ3) is 3.40.